The molecule has 0 amide bonds. The van der Waals surface area contributed by atoms with Crippen LogP contribution in [0.1, 0.15) is 113 Å². The van der Waals surface area contributed by atoms with E-state index in [1.807, 2.05) is 0 Å². The zero-order valence-electron chi connectivity index (χ0n) is 20.4. The van der Waals surface area contributed by atoms with Crippen molar-refractivity contribution in [3.8, 4) is 11.8 Å². The molecule has 2 aromatic carbocycles. The van der Waals surface area contributed by atoms with E-state index in [1.165, 1.54) is 76.2 Å². The minimum Gasteiger partial charge on any atom is -0.0654 e. The van der Waals surface area contributed by atoms with Gasteiger partial charge in [0.15, 0.2) is 0 Å². The predicted molar refractivity (Wildman–Crippen MR) is 138 cm³/mol. The maximum atomic E-state index is 3.36. The molecule has 0 heteroatoms. The van der Waals surface area contributed by atoms with Gasteiger partial charge >= 0.3 is 0 Å². The highest BCUT2D eigenvalue weighted by Crippen LogP contribution is 2.48. The first-order chi connectivity index (χ1) is 15.7. The van der Waals surface area contributed by atoms with Gasteiger partial charge in [0.25, 0.3) is 0 Å². The van der Waals surface area contributed by atoms with Gasteiger partial charge in [-0.2, -0.15) is 0 Å². The molecule has 0 nitrogen and oxygen atoms in total. The molecule has 4 unspecified atom stereocenters. The van der Waals surface area contributed by atoms with E-state index in [1.54, 1.807) is 5.56 Å². The number of benzene rings is 2. The number of aryl methyl sites for hydroxylation is 1. The molecule has 0 bridgehead atoms. The third kappa shape index (κ3) is 6.28. The first-order valence-electron chi connectivity index (χ1n) is 13.5. The van der Waals surface area contributed by atoms with Gasteiger partial charge in [-0.25, -0.2) is 0 Å². The van der Waals surface area contributed by atoms with Crippen molar-refractivity contribution >= 4 is 0 Å². The molecule has 2 aromatic rings. The molecule has 0 radical (unpaired) electrons. The Labute approximate surface area is 197 Å². The summed E-state index contributed by atoms with van der Waals surface area (Å²) in [6.45, 7) is 4.55. The van der Waals surface area contributed by atoms with Crippen LogP contribution in [-0.4, -0.2) is 0 Å². The number of unbranched alkanes of at least 4 members (excludes halogenated alkanes) is 2. The molecule has 4 atom stereocenters. The molecule has 32 heavy (non-hydrogen) atoms. The molecule has 2 fully saturated rings. The molecule has 2 aliphatic carbocycles. The quantitative estimate of drug-likeness (QED) is 0.306. The zero-order valence-corrected chi connectivity index (χ0v) is 20.4. The Kier molecular flexibility index (Phi) is 8.50. The number of rotatable bonds is 7. The van der Waals surface area contributed by atoms with Crippen LogP contribution in [-0.2, 0) is 6.42 Å². The number of fused-ring (bicyclic) bond motifs is 1. The average molecular weight is 427 g/mol. The van der Waals surface area contributed by atoms with Gasteiger partial charge in [0.1, 0.15) is 0 Å². The van der Waals surface area contributed by atoms with Gasteiger partial charge in [-0.3, -0.25) is 0 Å². The van der Waals surface area contributed by atoms with Crippen LogP contribution in [0, 0.1) is 29.6 Å². The van der Waals surface area contributed by atoms with Crippen molar-refractivity contribution in [1.82, 2.24) is 0 Å². The first-order valence-corrected chi connectivity index (χ1v) is 13.5. The van der Waals surface area contributed by atoms with Gasteiger partial charge in [0.2, 0.25) is 0 Å². The SMILES string of the molecule is CCCCCC1CCC2CC(c3ccc(C#Cc4ccc(CCC)cc4)cc3)CCC2C1. The summed E-state index contributed by atoms with van der Waals surface area (Å²) < 4.78 is 0. The van der Waals surface area contributed by atoms with Crippen molar-refractivity contribution in [3.63, 3.8) is 0 Å². The van der Waals surface area contributed by atoms with Gasteiger partial charge in [-0.15, -0.1) is 0 Å². The smallest absolute Gasteiger partial charge is 0.0249 e. The highest BCUT2D eigenvalue weighted by molar-refractivity contribution is 5.44. The normalized spacial score (nSPS) is 24.9. The number of hydrogen-bond acceptors (Lipinski definition) is 0. The molecule has 0 heterocycles. The fourth-order valence-corrected chi connectivity index (χ4v) is 6.26. The third-order valence-electron chi connectivity index (χ3n) is 8.16. The lowest BCUT2D eigenvalue weighted by Crippen LogP contribution is -2.30. The van der Waals surface area contributed by atoms with Crippen LogP contribution in [0.15, 0.2) is 48.5 Å². The summed E-state index contributed by atoms with van der Waals surface area (Å²) in [5, 5.41) is 0. The monoisotopic (exact) mass is 426 g/mol. The fourth-order valence-electron chi connectivity index (χ4n) is 6.26. The van der Waals surface area contributed by atoms with Crippen molar-refractivity contribution in [2.24, 2.45) is 17.8 Å². The lowest BCUT2D eigenvalue weighted by atomic mass is 9.63. The van der Waals surface area contributed by atoms with Crippen LogP contribution in [0.2, 0.25) is 0 Å². The van der Waals surface area contributed by atoms with Crippen LogP contribution >= 0.6 is 0 Å². The second kappa shape index (κ2) is 11.7. The Balaban J connectivity index is 1.30. The fraction of sp³-hybridized carbons (Fsp3) is 0.562. The predicted octanol–water partition coefficient (Wildman–Crippen LogP) is 8.92. The molecular weight excluding hydrogens is 384 g/mol. The van der Waals surface area contributed by atoms with E-state index in [9.17, 15) is 0 Å². The largest absolute Gasteiger partial charge is 0.0654 e. The maximum absolute atomic E-state index is 3.36. The Morgan fingerprint density at radius 2 is 1.34 bits per heavy atom. The minimum absolute atomic E-state index is 0.765. The van der Waals surface area contributed by atoms with E-state index in [-0.39, 0.29) is 0 Å². The first kappa shape index (κ1) is 23.2. The molecule has 0 aliphatic heterocycles. The van der Waals surface area contributed by atoms with Crippen LogP contribution < -0.4 is 0 Å². The van der Waals surface area contributed by atoms with E-state index in [0.717, 1.165) is 41.2 Å². The molecule has 0 saturated heterocycles. The topological polar surface area (TPSA) is 0 Å². The Morgan fingerprint density at radius 1 is 0.688 bits per heavy atom. The van der Waals surface area contributed by atoms with Gasteiger partial charge < -0.3 is 0 Å². The highest BCUT2D eigenvalue weighted by atomic mass is 14.4. The van der Waals surface area contributed by atoms with Crippen molar-refractivity contribution in [2.75, 3.05) is 0 Å². The molecule has 2 aliphatic rings. The second-order valence-electron chi connectivity index (χ2n) is 10.5. The summed E-state index contributed by atoms with van der Waals surface area (Å²) in [5.74, 6) is 10.5. The maximum Gasteiger partial charge on any atom is 0.0249 e. The van der Waals surface area contributed by atoms with Crippen LogP contribution in [0.3, 0.4) is 0 Å². The summed E-state index contributed by atoms with van der Waals surface area (Å²) in [7, 11) is 0. The summed E-state index contributed by atoms with van der Waals surface area (Å²) >= 11 is 0. The van der Waals surface area contributed by atoms with Crippen molar-refractivity contribution in [1.29, 1.82) is 0 Å². The van der Waals surface area contributed by atoms with Crippen LogP contribution in [0.4, 0.5) is 0 Å². The van der Waals surface area contributed by atoms with Gasteiger partial charge in [-0.05, 0) is 97.6 Å². The average Bonchev–Trinajstić information content (AvgIpc) is 2.84. The molecule has 4 rings (SSSR count). The third-order valence-corrected chi connectivity index (χ3v) is 8.16. The van der Waals surface area contributed by atoms with Crippen molar-refractivity contribution in [2.45, 2.75) is 96.8 Å². The zero-order chi connectivity index (χ0) is 22.2. The molecule has 0 aromatic heterocycles. The van der Waals surface area contributed by atoms with E-state index in [2.05, 4.69) is 74.2 Å². The molecule has 0 spiro atoms. The minimum atomic E-state index is 0.765. The molecule has 0 N–H and O–H groups in total. The van der Waals surface area contributed by atoms with Gasteiger partial charge in [0, 0.05) is 11.1 Å². The molecular formula is C32H42. The van der Waals surface area contributed by atoms with Gasteiger partial charge in [-0.1, -0.05) is 88.5 Å². The lowest BCUT2D eigenvalue weighted by molar-refractivity contribution is 0.113. The Bertz CT molecular complexity index is 876. The highest BCUT2D eigenvalue weighted by Gasteiger charge is 2.35. The van der Waals surface area contributed by atoms with E-state index in [4.69, 9.17) is 0 Å². The molecule has 2 saturated carbocycles. The standard InChI is InChI=1S/C32H42/c1-3-5-6-8-28-17-20-32-24-31(22-21-30(32)23-28)29-18-15-27(16-19-29)14-13-26-11-9-25(7-4-2)10-12-26/h9-12,15-16,18-19,28,30-32H,3-8,17,20-24H2,1-2H3. The lowest BCUT2D eigenvalue weighted by Gasteiger charge is -2.42. The van der Waals surface area contributed by atoms with E-state index < -0.39 is 0 Å². The van der Waals surface area contributed by atoms with Crippen molar-refractivity contribution < 1.29 is 0 Å². The van der Waals surface area contributed by atoms with Crippen LogP contribution in [0.25, 0.3) is 0 Å². The van der Waals surface area contributed by atoms with Crippen LogP contribution in [0.5, 0.6) is 0 Å². The van der Waals surface area contributed by atoms with Gasteiger partial charge in [0.05, 0.1) is 0 Å². The Hall–Kier alpha value is -2.00. The van der Waals surface area contributed by atoms with Crippen molar-refractivity contribution in [3.05, 3.63) is 70.8 Å². The number of hydrogen-bond donors (Lipinski definition) is 0. The van der Waals surface area contributed by atoms with E-state index in [0.29, 0.717) is 0 Å². The molecule has 170 valence electrons. The van der Waals surface area contributed by atoms with E-state index >= 15 is 0 Å². The summed E-state index contributed by atoms with van der Waals surface area (Å²) in [5.41, 5.74) is 5.19. The second-order valence-corrected chi connectivity index (χ2v) is 10.5. The summed E-state index contributed by atoms with van der Waals surface area (Å²) in [4.78, 5) is 0. The Morgan fingerprint density at radius 3 is 2.03 bits per heavy atom. The summed E-state index contributed by atoms with van der Waals surface area (Å²) in [6, 6.07) is 17.9. The summed E-state index contributed by atoms with van der Waals surface area (Å²) in [6.07, 6.45) is 16.8.